The van der Waals surface area contributed by atoms with Crippen LogP contribution < -0.4 is 10.1 Å². The molecule has 1 fully saturated rings. The number of rotatable bonds is 4. The normalized spacial score (nSPS) is 29.9. The zero-order chi connectivity index (χ0) is 22.1. The molecule has 0 saturated carbocycles. The van der Waals surface area contributed by atoms with Crippen molar-refractivity contribution in [1.82, 2.24) is 0 Å². The number of benzene rings is 2. The number of halogens is 1. The summed E-state index contributed by atoms with van der Waals surface area (Å²) in [6.45, 7) is -0.0843. The van der Waals surface area contributed by atoms with Crippen LogP contribution >= 0.6 is 11.6 Å². The number of hydrogen-bond donors (Lipinski definition) is 5. The molecule has 2 heterocycles. The highest BCUT2D eigenvalue weighted by atomic mass is 35.5. The van der Waals surface area contributed by atoms with E-state index < -0.39 is 43.2 Å². The van der Waals surface area contributed by atoms with Crippen molar-refractivity contribution in [2.45, 2.75) is 43.0 Å². The van der Waals surface area contributed by atoms with E-state index in [1.165, 1.54) is 0 Å². The third-order valence-electron chi connectivity index (χ3n) is 5.62. The molecule has 2 aliphatic heterocycles. The lowest BCUT2D eigenvalue weighted by atomic mass is 9.90. The van der Waals surface area contributed by atoms with Gasteiger partial charge in [-0.3, -0.25) is 0 Å². The molecule has 0 radical (unpaired) electrons. The highest BCUT2D eigenvalue weighted by molar-refractivity contribution is 6.31. The number of fused-ring (bicyclic) bond motifs is 1. The molecule has 2 aromatic carbocycles. The van der Waals surface area contributed by atoms with E-state index in [4.69, 9.17) is 26.3 Å². The van der Waals surface area contributed by atoms with Gasteiger partial charge in [-0.1, -0.05) is 29.8 Å². The van der Waals surface area contributed by atoms with Gasteiger partial charge < -0.3 is 35.2 Å². The number of nitriles is 1. The monoisotopic (exact) mass is 446 g/mol. The van der Waals surface area contributed by atoms with Gasteiger partial charge in [0.1, 0.15) is 42.3 Å². The first-order valence-corrected chi connectivity index (χ1v) is 10.3. The van der Waals surface area contributed by atoms with Crippen LogP contribution in [0.15, 0.2) is 36.4 Å². The lowest BCUT2D eigenvalue weighted by Crippen LogP contribution is -2.55. The molecule has 0 aliphatic carbocycles. The predicted octanol–water partition coefficient (Wildman–Crippen LogP) is 1.14. The van der Waals surface area contributed by atoms with Crippen molar-refractivity contribution < 1.29 is 29.9 Å². The Hall–Kier alpha value is -2.38. The van der Waals surface area contributed by atoms with Crippen molar-refractivity contribution in [3.05, 3.63) is 58.1 Å². The number of anilines is 1. The van der Waals surface area contributed by atoms with E-state index in [1.54, 1.807) is 24.3 Å². The second-order valence-electron chi connectivity index (χ2n) is 7.72. The second kappa shape index (κ2) is 9.01. The molecule has 5 N–H and O–H groups in total. The van der Waals surface area contributed by atoms with E-state index in [1.807, 2.05) is 12.1 Å². The second-order valence-corrected chi connectivity index (χ2v) is 8.13. The van der Waals surface area contributed by atoms with Gasteiger partial charge in [0.25, 0.3) is 0 Å². The lowest BCUT2D eigenvalue weighted by molar-refractivity contribution is -0.231. The number of hydrogen-bond acceptors (Lipinski definition) is 8. The minimum atomic E-state index is -1.45. The van der Waals surface area contributed by atoms with Crippen molar-refractivity contribution in [2.75, 3.05) is 18.5 Å². The number of nitrogens with one attached hydrogen (secondary N) is 1. The molecule has 164 valence electrons. The minimum Gasteiger partial charge on any atom is -0.472 e. The zero-order valence-electron chi connectivity index (χ0n) is 16.5. The molecular formula is C22H23ClN2O6. The molecule has 8 nitrogen and oxygen atoms in total. The molecular weight excluding hydrogens is 424 g/mol. The predicted molar refractivity (Wildman–Crippen MR) is 112 cm³/mol. The zero-order valence-corrected chi connectivity index (χ0v) is 17.2. The van der Waals surface area contributed by atoms with Gasteiger partial charge in [0.05, 0.1) is 18.8 Å². The maximum atomic E-state index is 10.4. The summed E-state index contributed by atoms with van der Waals surface area (Å²) in [5, 5.41) is 52.6. The van der Waals surface area contributed by atoms with Gasteiger partial charge in [-0.15, -0.1) is 0 Å². The van der Waals surface area contributed by atoms with Gasteiger partial charge in [0.15, 0.2) is 0 Å². The van der Waals surface area contributed by atoms with Crippen molar-refractivity contribution in [1.29, 1.82) is 5.26 Å². The quantitative estimate of drug-likeness (QED) is 0.472. The summed E-state index contributed by atoms with van der Waals surface area (Å²) in [7, 11) is 0. The summed E-state index contributed by atoms with van der Waals surface area (Å²) in [4.78, 5) is 0. The van der Waals surface area contributed by atoms with Crippen molar-refractivity contribution in [3.63, 3.8) is 0 Å². The number of aliphatic hydroxyl groups excluding tert-OH is 4. The van der Waals surface area contributed by atoms with Crippen LogP contribution in [0.3, 0.4) is 0 Å². The molecule has 0 bridgehead atoms. The maximum Gasteiger partial charge on any atom is 0.201 e. The first-order chi connectivity index (χ1) is 14.9. The number of nitrogens with zero attached hydrogens (tertiary/aromatic N) is 1. The Bertz CT molecular complexity index is 994. The Labute approximate surface area is 184 Å². The van der Waals surface area contributed by atoms with E-state index in [9.17, 15) is 20.4 Å². The van der Waals surface area contributed by atoms with Gasteiger partial charge >= 0.3 is 0 Å². The standard InChI is InChI=1S/C22H23ClN2O6/c23-15-3-2-12(22-21(29)20(28)19(27)18(10-26)31-22)7-13(15)5-11-1-4-17-16(6-11)25-9-14(8-24)30-17/h1-4,6-7,14,18-22,25-29H,5,9-10H2/t14?,18-,19?,20+,21-,22+/m1/s1. The molecule has 0 spiro atoms. The molecule has 1 saturated heterocycles. The summed E-state index contributed by atoms with van der Waals surface area (Å²) in [5.74, 6) is 0.614. The Morgan fingerprint density at radius 3 is 2.65 bits per heavy atom. The van der Waals surface area contributed by atoms with E-state index in [0.29, 0.717) is 29.3 Å². The largest absolute Gasteiger partial charge is 0.472 e. The van der Waals surface area contributed by atoms with Crippen LogP contribution in [-0.2, 0) is 11.2 Å². The van der Waals surface area contributed by atoms with E-state index in [0.717, 1.165) is 16.8 Å². The van der Waals surface area contributed by atoms with Crippen LogP contribution in [0, 0.1) is 11.3 Å². The van der Waals surface area contributed by atoms with Crippen molar-refractivity contribution in [3.8, 4) is 11.8 Å². The average Bonchev–Trinajstić information content (AvgIpc) is 2.79. The van der Waals surface area contributed by atoms with Gasteiger partial charge in [0.2, 0.25) is 6.10 Å². The average molecular weight is 447 g/mol. The summed E-state index contributed by atoms with van der Waals surface area (Å²) in [6.07, 6.45) is -6.15. The first-order valence-electron chi connectivity index (χ1n) is 9.93. The van der Waals surface area contributed by atoms with Crippen LogP contribution in [0.5, 0.6) is 5.75 Å². The van der Waals surface area contributed by atoms with Crippen LogP contribution in [0.4, 0.5) is 5.69 Å². The van der Waals surface area contributed by atoms with Gasteiger partial charge in [-0.2, -0.15) is 5.26 Å². The Morgan fingerprint density at radius 2 is 1.90 bits per heavy atom. The SMILES string of the molecule is N#CC1CNc2cc(Cc3cc([C@@H]4O[C@H](CO)C(O)[C@H](O)[C@H]4O)ccc3Cl)ccc2O1. The topological polar surface area (TPSA) is 135 Å². The molecule has 0 aromatic heterocycles. The Morgan fingerprint density at radius 1 is 1.10 bits per heavy atom. The molecule has 2 aliphatic rings. The Kier molecular flexibility index (Phi) is 6.34. The van der Waals surface area contributed by atoms with Crippen molar-refractivity contribution >= 4 is 17.3 Å². The smallest absolute Gasteiger partial charge is 0.201 e. The van der Waals surface area contributed by atoms with Crippen LogP contribution in [0.25, 0.3) is 0 Å². The molecule has 4 rings (SSSR count). The van der Waals surface area contributed by atoms with Gasteiger partial charge in [0, 0.05) is 5.02 Å². The first kappa shape index (κ1) is 21.8. The maximum absolute atomic E-state index is 10.4. The summed E-state index contributed by atoms with van der Waals surface area (Å²) in [6, 6.07) is 12.8. The minimum absolute atomic E-state index is 0.403. The summed E-state index contributed by atoms with van der Waals surface area (Å²) >= 11 is 6.40. The van der Waals surface area contributed by atoms with Crippen LogP contribution in [-0.4, -0.2) is 64.1 Å². The van der Waals surface area contributed by atoms with E-state index in [2.05, 4.69) is 11.4 Å². The molecule has 31 heavy (non-hydrogen) atoms. The lowest BCUT2D eigenvalue weighted by Gasteiger charge is -2.40. The van der Waals surface area contributed by atoms with E-state index >= 15 is 0 Å². The molecule has 9 heteroatoms. The highest BCUT2D eigenvalue weighted by Crippen LogP contribution is 2.35. The van der Waals surface area contributed by atoms with Crippen LogP contribution in [0.1, 0.15) is 22.8 Å². The highest BCUT2D eigenvalue weighted by Gasteiger charge is 2.44. The number of aliphatic hydroxyl groups is 4. The van der Waals surface area contributed by atoms with E-state index in [-0.39, 0.29) is 0 Å². The third-order valence-corrected chi connectivity index (χ3v) is 5.99. The molecule has 6 atom stereocenters. The fourth-order valence-electron chi connectivity index (χ4n) is 3.90. The van der Waals surface area contributed by atoms with Crippen molar-refractivity contribution in [2.24, 2.45) is 0 Å². The van der Waals surface area contributed by atoms with Gasteiger partial charge in [-0.25, -0.2) is 0 Å². The third kappa shape index (κ3) is 4.34. The summed E-state index contributed by atoms with van der Waals surface area (Å²) < 4.78 is 11.3. The fraction of sp³-hybridized carbons (Fsp3) is 0.409. The molecule has 2 unspecified atom stereocenters. The molecule has 2 aromatic rings. The molecule has 0 amide bonds. The summed E-state index contributed by atoms with van der Waals surface area (Å²) in [5.41, 5.74) is 3.11. The van der Waals surface area contributed by atoms with Crippen LogP contribution in [0.2, 0.25) is 5.02 Å². The number of ether oxygens (including phenoxy) is 2. The van der Waals surface area contributed by atoms with Gasteiger partial charge in [-0.05, 0) is 41.3 Å². The Balaban J connectivity index is 1.57. The fourth-order valence-corrected chi connectivity index (χ4v) is 4.09.